The van der Waals surface area contributed by atoms with Crippen LogP contribution in [0.25, 0.3) is 0 Å². The highest BCUT2D eigenvalue weighted by molar-refractivity contribution is 6.55. The zero-order chi connectivity index (χ0) is 9.40. The summed E-state index contributed by atoms with van der Waals surface area (Å²) in [6, 6.07) is 0. The van der Waals surface area contributed by atoms with E-state index in [-0.39, 0.29) is 6.10 Å². The maximum atomic E-state index is 9.37. The summed E-state index contributed by atoms with van der Waals surface area (Å²) in [6.07, 6.45) is 1.83. The summed E-state index contributed by atoms with van der Waals surface area (Å²) in [6.45, 7) is 1.97. The van der Waals surface area contributed by atoms with Crippen molar-refractivity contribution >= 4 is 13.7 Å². The number of nitrogens with one attached hydrogen (secondary N) is 1. The average molecular weight is 171 g/mol. The summed E-state index contributed by atoms with van der Waals surface area (Å²) in [5.41, 5.74) is 0. The third kappa shape index (κ3) is 7.56. The Kier molecular flexibility index (Phi) is 6.80. The molecule has 0 saturated carbocycles. The lowest BCUT2D eigenvalue weighted by atomic mass is 10.1. The largest absolute Gasteiger partial charge is 0.478 e. The Morgan fingerprint density at radius 2 is 2.00 bits per heavy atom. The van der Waals surface area contributed by atoms with E-state index in [1.54, 1.807) is 0 Å². The van der Waals surface area contributed by atoms with Gasteiger partial charge in [-0.05, 0) is 25.9 Å². The molecule has 1 saturated heterocycles. The second kappa shape index (κ2) is 7.12. The predicted molar refractivity (Wildman–Crippen MR) is 46.3 cm³/mol. The van der Waals surface area contributed by atoms with Gasteiger partial charge in [-0.2, -0.15) is 0 Å². The van der Waals surface area contributed by atoms with Gasteiger partial charge < -0.3 is 15.2 Å². The molecular weight excluding hydrogens is 157 g/mol. The molecule has 0 spiro atoms. The van der Waals surface area contributed by atoms with E-state index in [9.17, 15) is 4.79 Å². The van der Waals surface area contributed by atoms with Gasteiger partial charge in [-0.1, -0.05) is 0 Å². The van der Waals surface area contributed by atoms with Gasteiger partial charge in [0.25, 0.3) is 0 Å². The standard InChI is InChI=1S/C5H11NO.C2H3BO2/c7-5-1-3-6-4-2-5;1-5-2(3)4/h5-7H,1-4H2;1H3. The minimum atomic E-state index is -0.745. The van der Waals surface area contributed by atoms with E-state index in [0.717, 1.165) is 25.9 Å². The van der Waals surface area contributed by atoms with Crippen molar-refractivity contribution in [1.29, 1.82) is 0 Å². The number of aliphatic hydroxyl groups is 1. The van der Waals surface area contributed by atoms with Crippen LogP contribution in [-0.4, -0.2) is 45.1 Å². The van der Waals surface area contributed by atoms with Crippen molar-refractivity contribution in [2.45, 2.75) is 18.9 Å². The van der Waals surface area contributed by atoms with Crippen LogP contribution in [-0.2, 0) is 4.74 Å². The van der Waals surface area contributed by atoms with E-state index in [1.807, 2.05) is 0 Å². The topological polar surface area (TPSA) is 58.6 Å². The lowest BCUT2D eigenvalue weighted by Gasteiger charge is -2.16. The van der Waals surface area contributed by atoms with Gasteiger partial charge >= 0.3 is 0 Å². The molecule has 0 amide bonds. The average Bonchev–Trinajstić information content (AvgIpc) is 2.07. The summed E-state index contributed by atoms with van der Waals surface area (Å²) in [7, 11) is 5.66. The van der Waals surface area contributed by atoms with Crippen molar-refractivity contribution in [2.24, 2.45) is 0 Å². The Balaban J connectivity index is 0.000000217. The number of hydrogen-bond acceptors (Lipinski definition) is 4. The molecule has 0 atom stereocenters. The summed E-state index contributed by atoms with van der Waals surface area (Å²) in [5, 5.41) is 12.0. The maximum Gasteiger partial charge on any atom is 0.235 e. The van der Waals surface area contributed by atoms with Crippen molar-refractivity contribution in [1.82, 2.24) is 5.32 Å². The quantitative estimate of drug-likeness (QED) is 0.489. The van der Waals surface area contributed by atoms with Crippen LogP contribution in [0.4, 0.5) is 4.79 Å². The predicted octanol–water partition coefficient (Wildman–Crippen LogP) is -0.348. The van der Waals surface area contributed by atoms with E-state index in [0.29, 0.717) is 0 Å². The smallest absolute Gasteiger partial charge is 0.235 e. The van der Waals surface area contributed by atoms with E-state index >= 15 is 0 Å². The van der Waals surface area contributed by atoms with Crippen LogP contribution in [0, 0.1) is 0 Å². The fourth-order valence-corrected chi connectivity index (χ4v) is 0.807. The fourth-order valence-electron chi connectivity index (χ4n) is 0.807. The molecule has 4 nitrogen and oxygen atoms in total. The molecule has 68 valence electrons. The zero-order valence-corrected chi connectivity index (χ0v) is 7.25. The Morgan fingerprint density at radius 1 is 1.58 bits per heavy atom. The first kappa shape index (κ1) is 11.5. The van der Waals surface area contributed by atoms with Crippen LogP contribution in [0.15, 0.2) is 0 Å². The molecule has 1 heterocycles. The van der Waals surface area contributed by atoms with Crippen LogP contribution in [0.1, 0.15) is 12.8 Å². The van der Waals surface area contributed by atoms with Gasteiger partial charge in [0, 0.05) is 0 Å². The van der Waals surface area contributed by atoms with Gasteiger partial charge in [-0.15, -0.1) is 0 Å². The molecule has 2 radical (unpaired) electrons. The van der Waals surface area contributed by atoms with Crippen LogP contribution in [0.5, 0.6) is 0 Å². The summed E-state index contributed by atoms with van der Waals surface area (Å²) in [5.74, 6) is -0.745. The Hall–Kier alpha value is -0.545. The van der Waals surface area contributed by atoms with Gasteiger partial charge in [-0.3, -0.25) is 4.79 Å². The highest BCUT2D eigenvalue weighted by Gasteiger charge is 2.06. The molecule has 1 aliphatic heterocycles. The highest BCUT2D eigenvalue weighted by Crippen LogP contribution is 1.99. The van der Waals surface area contributed by atoms with Gasteiger partial charge in [0.15, 0.2) is 0 Å². The maximum absolute atomic E-state index is 9.37. The lowest BCUT2D eigenvalue weighted by molar-refractivity contribution is 0.137. The SMILES string of the molecule is OC1CCNCC1.[B]C(=O)OC. The Bertz CT molecular complexity index is 126. The van der Waals surface area contributed by atoms with Crippen molar-refractivity contribution in [3.63, 3.8) is 0 Å². The van der Waals surface area contributed by atoms with Gasteiger partial charge in [-0.25, -0.2) is 0 Å². The number of carbonyl (C=O) groups is 1. The number of aliphatic hydroxyl groups excluding tert-OH is 1. The summed E-state index contributed by atoms with van der Waals surface area (Å²) in [4.78, 5) is 9.37. The Morgan fingerprint density at radius 3 is 2.17 bits per heavy atom. The molecule has 12 heavy (non-hydrogen) atoms. The number of ether oxygens (including phenoxy) is 1. The third-order valence-electron chi connectivity index (χ3n) is 1.51. The molecule has 0 aromatic rings. The number of carbonyl (C=O) groups excluding carboxylic acids is 1. The van der Waals surface area contributed by atoms with E-state index in [4.69, 9.17) is 5.11 Å². The van der Waals surface area contributed by atoms with Crippen molar-refractivity contribution in [2.75, 3.05) is 20.2 Å². The number of methoxy groups -OCH3 is 1. The second-order valence-corrected chi connectivity index (χ2v) is 2.50. The highest BCUT2D eigenvalue weighted by atomic mass is 16.5. The molecule has 5 heteroatoms. The zero-order valence-electron chi connectivity index (χ0n) is 7.25. The van der Waals surface area contributed by atoms with Crippen LogP contribution in [0.3, 0.4) is 0 Å². The normalized spacial score (nSPS) is 17.5. The number of hydrogen-bond donors (Lipinski definition) is 2. The molecular formula is C7H14BNO3. The lowest BCUT2D eigenvalue weighted by Crippen LogP contribution is -2.30. The second-order valence-electron chi connectivity index (χ2n) is 2.50. The summed E-state index contributed by atoms with van der Waals surface area (Å²) < 4.78 is 3.89. The molecule has 1 fully saturated rings. The van der Waals surface area contributed by atoms with Gasteiger partial charge in [0.05, 0.1) is 13.2 Å². The Labute approximate surface area is 73.7 Å². The minimum absolute atomic E-state index is 0.0266. The van der Waals surface area contributed by atoms with Crippen LogP contribution < -0.4 is 5.32 Å². The molecule has 2 N–H and O–H groups in total. The van der Waals surface area contributed by atoms with Crippen molar-refractivity contribution in [3.05, 3.63) is 0 Å². The first-order valence-electron chi connectivity index (χ1n) is 3.89. The monoisotopic (exact) mass is 171 g/mol. The first-order chi connectivity index (χ1) is 5.66. The van der Waals surface area contributed by atoms with E-state index in [1.165, 1.54) is 7.11 Å². The number of rotatable bonds is 0. The molecule has 0 aliphatic carbocycles. The van der Waals surface area contributed by atoms with Gasteiger partial charge in [0.2, 0.25) is 13.7 Å². The first-order valence-corrected chi connectivity index (χ1v) is 3.89. The van der Waals surface area contributed by atoms with E-state index in [2.05, 4.69) is 17.9 Å². The number of piperidine rings is 1. The molecule has 1 rings (SSSR count). The van der Waals surface area contributed by atoms with Crippen molar-refractivity contribution < 1.29 is 14.6 Å². The molecule has 1 aliphatic rings. The van der Waals surface area contributed by atoms with Gasteiger partial charge in [0.1, 0.15) is 0 Å². The van der Waals surface area contributed by atoms with Crippen LogP contribution in [0.2, 0.25) is 0 Å². The van der Waals surface area contributed by atoms with Crippen molar-refractivity contribution in [3.8, 4) is 0 Å². The minimum Gasteiger partial charge on any atom is -0.478 e. The van der Waals surface area contributed by atoms with E-state index < -0.39 is 5.87 Å². The summed E-state index contributed by atoms with van der Waals surface area (Å²) >= 11 is 0. The van der Waals surface area contributed by atoms with Crippen LogP contribution >= 0.6 is 0 Å². The third-order valence-corrected chi connectivity index (χ3v) is 1.51. The molecule has 0 bridgehead atoms. The molecule has 0 aromatic carbocycles. The fraction of sp³-hybridized carbons (Fsp3) is 0.857. The molecule has 0 unspecified atom stereocenters. The molecule has 0 aromatic heterocycles.